The molecule has 0 aliphatic rings. The van der Waals surface area contributed by atoms with Crippen molar-refractivity contribution in [1.82, 2.24) is 4.98 Å². The molecule has 0 aliphatic carbocycles. The van der Waals surface area contributed by atoms with E-state index in [1.54, 1.807) is 21.3 Å². The second-order valence-electron chi connectivity index (χ2n) is 7.52. The fourth-order valence-corrected chi connectivity index (χ4v) is 4.08. The van der Waals surface area contributed by atoms with Gasteiger partial charge in [0.05, 0.1) is 27.5 Å². The molecule has 2 aromatic heterocycles. The van der Waals surface area contributed by atoms with Gasteiger partial charge in [0.2, 0.25) is 5.75 Å². The highest BCUT2D eigenvalue weighted by atomic mass is 16.5. The molecular formula is C25H28N3O3+. The number of pyridine rings is 1. The summed E-state index contributed by atoms with van der Waals surface area (Å²) in [5.41, 5.74) is 5.53. The van der Waals surface area contributed by atoms with Gasteiger partial charge in [-0.05, 0) is 43.7 Å². The molecule has 4 rings (SSSR count). The van der Waals surface area contributed by atoms with E-state index in [9.17, 15) is 0 Å². The molecule has 31 heavy (non-hydrogen) atoms. The third-order valence-electron chi connectivity index (χ3n) is 5.51. The number of hydrogen-bond acceptors (Lipinski definition) is 4. The lowest BCUT2D eigenvalue weighted by molar-refractivity contribution is -0.361. The van der Waals surface area contributed by atoms with Crippen molar-refractivity contribution in [3.63, 3.8) is 0 Å². The fourth-order valence-electron chi connectivity index (χ4n) is 4.08. The van der Waals surface area contributed by atoms with Crippen LogP contribution >= 0.6 is 0 Å². The molecule has 4 aromatic rings. The molecule has 0 fully saturated rings. The maximum absolute atomic E-state index is 5.63. The largest absolute Gasteiger partial charge is 0.493 e. The summed E-state index contributed by atoms with van der Waals surface area (Å²) in [6, 6.07) is 16.3. The van der Waals surface area contributed by atoms with Crippen LogP contribution in [-0.2, 0) is 0 Å². The van der Waals surface area contributed by atoms with E-state index < -0.39 is 0 Å². The lowest BCUT2D eigenvalue weighted by atomic mass is 9.95. The van der Waals surface area contributed by atoms with Gasteiger partial charge in [0, 0.05) is 33.8 Å². The van der Waals surface area contributed by atoms with Gasteiger partial charge in [-0.25, -0.2) is 4.98 Å². The van der Waals surface area contributed by atoms with Crippen molar-refractivity contribution in [2.24, 2.45) is 0 Å². The Morgan fingerprint density at radius 1 is 0.903 bits per heavy atom. The van der Waals surface area contributed by atoms with Gasteiger partial charge in [-0.15, -0.1) is 0 Å². The summed E-state index contributed by atoms with van der Waals surface area (Å²) in [6.45, 7) is 4.17. The van der Waals surface area contributed by atoms with Crippen molar-refractivity contribution in [1.29, 1.82) is 0 Å². The van der Waals surface area contributed by atoms with Crippen molar-refractivity contribution in [3.8, 4) is 17.2 Å². The van der Waals surface area contributed by atoms with Crippen LogP contribution in [0, 0.1) is 13.8 Å². The number of para-hydroxylation sites is 1. The average molecular weight is 419 g/mol. The van der Waals surface area contributed by atoms with E-state index >= 15 is 0 Å². The number of nitrogens with one attached hydrogen (secondary N) is 3. The molecule has 160 valence electrons. The van der Waals surface area contributed by atoms with E-state index in [0.29, 0.717) is 17.2 Å². The topological polar surface area (TPSA) is 69.7 Å². The van der Waals surface area contributed by atoms with E-state index in [0.717, 1.165) is 22.6 Å². The Kier molecular flexibility index (Phi) is 5.71. The first-order valence-electron chi connectivity index (χ1n) is 10.2. The minimum absolute atomic E-state index is 0.164. The van der Waals surface area contributed by atoms with Crippen molar-refractivity contribution in [2.75, 3.05) is 26.6 Å². The first-order chi connectivity index (χ1) is 15.0. The Balaban J connectivity index is 1.94. The van der Waals surface area contributed by atoms with E-state index in [1.165, 1.54) is 16.5 Å². The van der Waals surface area contributed by atoms with Gasteiger partial charge in [-0.1, -0.05) is 18.2 Å². The zero-order chi connectivity index (χ0) is 22.0. The fraction of sp³-hybridized carbons (Fsp3) is 0.240. The first kappa shape index (κ1) is 20.6. The average Bonchev–Trinajstić information content (AvgIpc) is 3.12. The zero-order valence-electron chi connectivity index (χ0n) is 18.5. The number of aromatic nitrogens is 2. The lowest BCUT2D eigenvalue weighted by Crippen LogP contribution is -2.19. The predicted octanol–water partition coefficient (Wildman–Crippen LogP) is 4.83. The number of fused-ring (bicyclic) bond motifs is 1. The molecular weight excluding hydrogens is 390 g/mol. The van der Waals surface area contributed by atoms with Crippen LogP contribution in [0.25, 0.3) is 10.9 Å². The number of aromatic amines is 2. The van der Waals surface area contributed by atoms with E-state index in [2.05, 4.69) is 53.4 Å². The summed E-state index contributed by atoms with van der Waals surface area (Å²) in [7, 11) is 4.88. The molecule has 3 N–H and O–H groups in total. The number of rotatable bonds is 7. The number of methoxy groups -OCH3 is 3. The van der Waals surface area contributed by atoms with Gasteiger partial charge in [-0.2, -0.15) is 0 Å². The number of aryl methyl sites for hydroxylation is 2. The second-order valence-corrected chi connectivity index (χ2v) is 7.52. The smallest absolute Gasteiger partial charge is 0.273 e. The van der Waals surface area contributed by atoms with Gasteiger partial charge in [0.25, 0.3) is 5.82 Å². The molecule has 2 aromatic carbocycles. The number of H-pyrrole nitrogens is 2. The Morgan fingerprint density at radius 3 is 2.26 bits per heavy atom. The highest BCUT2D eigenvalue weighted by molar-refractivity contribution is 5.86. The SMILES string of the molecule is COc1cc(C(Nc2cc(C)cc[nH+]2)c2c(C)[nH]c3ccccc23)cc(OC)c1OC. The highest BCUT2D eigenvalue weighted by Gasteiger charge is 2.28. The molecule has 0 bridgehead atoms. The Morgan fingerprint density at radius 2 is 1.61 bits per heavy atom. The summed E-state index contributed by atoms with van der Waals surface area (Å²) in [4.78, 5) is 6.83. The zero-order valence-corrected chi connectivity index (χ0v) is 18.5. The number of anilines is 1. The molecule has 6 nitrogen and oxygen atoms in total. The molecule has 0 aliphatic heterocycles. The van der Waals surface area contributed by atoms with E-state index in [-0.39, 0.29) is 6.04 Å². The molecule has 0 saturated heterocycles. The van der Waals surface area contributed by atoms with Crippen LogP contribution in [-0.4, -0.2) is 26.3 Å². The molecule has 1 unspecified atom stereocenters. The van der Waals surface area contributed by atoms with Gasteiger partial charge >= 0.3 is 0 Å². The van der Waals surface area contributed by atoms with Crippen molar-refractivity contribution < 1.29 is 19.2 Å². The number of ether oxygens (including phenoxy) is 3. The van der Waals surface area contributed by atoms with Crippen LogP contribution in [0.2, 0.25) is 0 Å². The van der Waals surface area contributed by atoms with Crippen molar-refractivity contribution in [2.45, 2.75) is 19.9 Å². The second kappa shape index (κ2) is 8.60. The standard InChI is InChI=1S/C25H27N3O3/c1-15-10-11-26-22(12-15)28-24(23-16(2)27-19-9-7-6-8-18(19)23)17-13-20(29-3)25(31-5)21(14-17)30-4/h6-14,24,27H,1-5H3,(H,26,28)/p+1. The number of benzene rings is 2. The Labute approximate surface area is 182 Å². The van der Waals surface area contributed by atoms with Crippen LogP contribution < -0.4 is 24.5 Å². The maximum Gasteiger partial charge on any atom is 0.273 e. The normalized spacial score (nSPS) is 11.9. The predicted molar refractivity (Wildman–Crippen MR) is 122 cm³/mol. The van der Waals surface area contributed by atoms with Crippen LogP contribution in [0.5, 0.6) is 17.2 Å². The molecule has 1 atom stereocenters. The molecule has 6 heteroatoms. The first-order valence-corrected chi connectivity index (χ1v) is 10.2. The highest BCUT2D eigenvalue weighted by Crippen LogP contribution is 2.43. The lowest BCUT2D eigenvalue weighted by Gasteiger charge is -2.20. The van der Waals surface area contributed by atoms with E-state index in [4.69, 9.17) is 14.2 Å². The monoisotopic (exact) mass is 418 g/mol. The molecule has 0 radical (unpaired) electrons. The summed E-state index contributed by atoms with van der Waals surface area (Å²) >= 11 is 0. The quantitative estimate of drug-likeness (QED) is 0.451. The molecule has 0 amide bonds. The maximum atomic E-state index is 5.63. The Bertz CT molecular complexity index is 1190. The third kappa shape index (κ3) is 3.89. The minimum atomic E-state index is -0.164. The van der Waals surface area contributed by atoms with Crippen LogP contribution in [0.1, 0.15) is 28.4 Å². The molecule has 2 heterocycles. The van der Waals surface area contributed by atoms with Gasteiger partial charge < -0.3 is 19.2 Å². The van der Waals surface area contributed by atoms with Gasteiger partial charge in [0.1, 0.15) is 6.04 Å². The van der Waals surface area contributed by atoms with Crippen LogP contribution in [0.4, 0.5) is 5.82 Å². The van der Waals surface area contributed by atoms with Crippen molar-refractivity contribution in [3.05, 3.63) is 77.1 Å². The van der Waals surface area contributed by atoms with Crippen molar-refractivity contribution >= 4 is 16.7 Å². The number of hydrogen-bond donors (Lipinski definition) is 2. The summed E-state index contributed by atoms with van der Waals surface area (Å²) in [5.74, 6) is 2.73. The molecule has 0 saturated carbocycles. The van der Waals surface area contributed by atoms with Gasteiger partial charge in [-0.3, -0.25) is 5.32 Å². The van der Waals surface area contributed by atoms with Crippen LogP contribution in [0.3, 0.4) is 0 Å². The minimum Gasteiger partial charge on any atom is -0.493 e. The van der Waals surface area contributed by atoms with Gasteiger partial charge in [0.15, 0.2) is 11.5 Å². The Hall–Kier alpha value is -3.67. The summed E-state index contributed by atoms with van der Waals surface area (Å²) in [5, 5.41) is 4.85. The summed E-state index contributed by atoms with van der Waals surface area (Å²) in [6.07, 6.45) is 1.94. The van der Waals surface area contributed by atoms with E-state index in [1.807, 2.05) is 30.5 Å². The molecule has 0 spiro atoms. The third-order valence-corrected chi connectivity index (χ3v) is 5.51. The van der Waals surface area contributed by atoms with Crippen LogP contribution in [0.15, 0.2) is 54.7 Å². The summed E-state index contributed by atoms with van der Waals surface area (Å²) < 4.78 is 16.8.